The molecule has 0 radical (unpaired) electrons. The van der Waals surface area contributed by atoms with Crippen molar-refractivity contribution in [2.24, 2.45) is 28.8 Å². The Hall–Kier alpha value is -2.50. The van der Waals surface area contributed by atoms with E-state index in [0.717, 1.165) is 29.9 Å². The zero-order valence-electron chi connectivity index (χ0n) is 13.9. The molecule has 1 aromatic carbocycles. The Kier molecular flexibility index (Phi) is 3.26. The van der Waals surface area contributed by atoms with Crippen LogP contribution in [-0.2, 0) is 0 Å². The van der Waals surface area contributed by atoms with Crippen LogP contribution >= 0.6 is 0 Å². The summed E-state index contributed by atoms with van der Waals surface area (Å²) >= 11 is 0. The van der Waals surface area contributed by atoms with E-state index < -0.39 is 0 Å². The summed E-state index contributed by atoms with van der Waals surface area (Å²) in [6.45, 7) is 0. The van der Waals surface area contributed by atoms with E-state index in [4.69, 9.17) is 0 Å². The number of carbonyl (C=O) groups is 1. The van der Waals surface area contributed by atoms with Crippen molar-refractivity contribution in [3.63, 3.8) is 0 Å². The maximum absolute atomic E-state index is 12.6. The van der Waals surface area contributed by atoms with Crippen molar-refractivity contribution in [2.45, 2.75) is 32.1 Å². The van der Waals surface area contributed by atoms with Crippen molar-refractivity contribution in [1.29, 1.82) is 0 Å². The Morgan fingerprint density at radius 1 is 1.20 bits per heavy atom. The van der Waals surface area contributed by atoms with E-state index in [9.17, 15) is 9.59 Å². The lowest BCUT2D eigenvalue weighted by Gasteiger charge is -2.25. The minimum Gasteiger partial charge on any atom is -0.267 e. The minimum atomic E-state index is -0.370. The van der Waals surface area contributed by atoms with Gasteiger partial charge in [0.2, 0.25) is 0 Å². The highest BCUT2D eigenvalue weighted by Gasteiger charge is 2.52. The summed E-state index contributed by atoms with van der Waals surface area (Å²) in [6, 6.07) is 6.99. The Bertz CT molecular complexity index is 948. The molecule has 2 bridgehead atoms. The maximum Gasteiger partial charge on any atom is 0.292 e. The van der Waals surface area contributed by atoms with Crippen LogP contribution in [-0.4, -0.2) is 21.8 Å². The van der Waals surface area contributed by atoms with Crippen molar-refractivity contribution in [2.75, 3.05) is 0 Å². The smallest absolute Gasteiger partial charge is 0.267 e. The van der Waals surface area contributed by atoms with E-state index in [1.54, 1.807) is 24.3 Å². The Morgan fingerprint density at radius 3 is 2.88 bits per heavy atom. The first-order chi connectivity index (χ1) is 12.2. The van der Waals surface area contributed by atoms with Gasteiger partial charge < -0.3 is 0 Å². The number of hydrogen-bond acceptors (Lipinski definition) is 4. The van der Waals surface area contributed by atoms with Crippen LogP contribution in [0.1, 0.15) is 42.6 Å². The SMILES string of the molecule is O=C(N/N=C1\CC2CC1C1CCCC21)c1n[nH]c(=O)c2ccccc12. The predicted octanol–water partition coefficient (Wildman–Crippen LogP) is 2.47. The summed E-state index contributed by atoms with van der Waals surface area (Å²) in [7, 11) is 0. The van der Waals surface area contributed by atoms with Crippen LogP contribution in [0.3, 0.4) is 0 Å². The number of hydrazone groups is 1. The minimum absolute atomic E-state index is 0.210. The third-order valence-corrected chi connectivity index (χ3v) is 6.42. The average molecular weight is 336 g/mol. The first-order valence-electron chi connectivity index (χ1n) is 9.06. The third-order valence-electron chi connectivity index (χ3n) is 6.42. The number of hydrogen-bond donors (Lipinski definition) is 2. The first-order valence-corrected chi connectivity index (χ1v) is 9.06. The van der Waals surface area contributed by atoms with Crippen molar-refractivity contribution in [1.82, 2.24) is 15.6 Å². The number of fused-ring (bicyclic) bond motifs is 6. The molecule has 6 heteroatoms. The van der Waals surface area contributed by atoms with Crippen molar-refractivity contribution in [3.8, 4) is 0 Å². The molecule has 3 saturated carbocycles. The second-order valence-corrected chi connectivity index (χ2v) is 7.56. The monoisotopic (exact) mass is 336 g/mol. The average Bonchev–Trinajstić information content (AvgIpc) is 3.33. The van der Waals surface area contributed by atoms with E-state index in [0.29, 0.717) is 16.7 Å². The predicted molar refractivity (Wildman–Crippen MR) is 94.3 cm³/mol. The fourth-order valence-electron chi connectivity index (χ4n) is 5.41. The van der Waals surface area contributed by atoms with Crippen LogP contribution in [0, 0.1) is 23.7 Å². The number of nitrogens with one attached hydrogen (secondary N) is 2. The fourth-order valence-corrected chi connectivity index (χ4v) is 5.41. The molecule has 3 aliphatic rings. The molecule has 1 heterocycles. The second kappa shape index (κ2) is 5.51. The lowest BCUT2D eigenvalue weighted by molar-refractivity contribution is 0.0950. The molecule has 0 spiro atoms. The van der Waals surface area contributed by atoms with Crippen LogP contribution in [0.2, 0.25) is 0 Å². The lowest BCUT2D eigenvalue weighted by Crippen LogP contribution is -2.28. The summed E-state index contributed by atoms with van der Waals surface area (Å²) in [5, 5.41) is 11.8. The quantitative estimate of drug-likeness (QED) is 0.826. The second-order valence-electron chi connectivity index (χ2n) is 7.56. The zero-order valence-corrected chi connectivity index (χ0v) is 13.9. The number of benzene rings is 1. The van der Waals surface area contributed by atoms with Gasteiger partial charge in [0.25, 0.3) is 11.5 Å². The van der Waals surface area contributed by atoms with Crippen molar-refractivity contribution in [3.05, 3.63) is 40.3 Å². The molecule has 2 aromatic rings. The Labute approximate surface area is 144 Å². The number of aromatic amines is 1. The molecular weight excluding hydrogens is 316 g/mol. The number of rotatable bonds is 2. The standard InChI is InChI=1S/C19H20N4O2/c24-18-14-5-2-1-4-13(14)17(21-22-18)19(25)23-20-16-9-10-8-15(16)12-7-3-6-11(10)12/h1-2,4-5,10-12,15H,3,6-9H2,(H,22,24)(H,23,25)/b20-16+. The van der Waals surface area contributed by atoms with Crippen LogP contribution in [0.15, 0.2) is 34.2 Å². The molecule has 2 N–H and O–H groups in total. The van der Waals surface area contributed by atoms with Crippen LogP contribution in [0.25, 0.3) is 10.8 Å². The lowest BCUT2D eigenvalue weighted by atomic mass is 9.81. The topological polar surface area (TPSA) is 87.2 Å². The molecule has 4 unspecified atom stereocenters. The van der Waals surface area contributed by atoms with Crippen LogP contribution in [0.5, 0.6) is 0 Å². The van der Waals surface area contributed by atoms with Crippen molar-refractivity contribution >= 4 is 22.4 Å². The highest BCUT2D eigenvalue weighted by atomic mass is 16.2. The largest absolute Gasteiger partial charge is 0.292 e. The number of carbonyl (C=O) groups excluding carboxylic acids is 1. The van der Waals surface area contributed by atoms with E-state index in [-0.39, 0.29) is 17.2 Å². The third kappa shape index (κ3) is 2.23. The van der Waals surface area contributed by atoms with Crippen LogP contribution < -0.4 is 11.0 Å². The summed E-state index contributed by atoms with van der Waals surface area (Å²) in [5.41, 5.74) is 3.75. The molecule has 128 valence electrons. The molecule has 1 amide bonds. The van der Waals surface area contributed by atoms with Gasteiger partial charge in [0.05, 0.1) is 5.39 Å². The molecule has 0 aliphatic heterocycles. The summed E-state index contributed by atoms with van der Waals surface area (Å²) in [4.78, 5) is 24.4. The molecule has 6 nitrogen and oxygen atoms in total. The number of amides is 1. The van der Waals surface area contributed by atoms with Gasteiger partial charge in [-0.1, -0.05) is 24.6 Å². The highest BCUT2D eigenvalue weighted by molar-refractivity contribution is 6.05. The molecular formula is C19H20N4O2. The van der Waals surface area contributed by atoms with Crippen molar-refractivity contribution < 1.29 is 4.79 Å². The van der Waals surface area contributed by atoms with E-state index in [1.807, 2.05) is 0 Å². The summed E-state index contributed by atoms with van der Waals surface area (Å²) < 4.78 is 0. The zero-order chi connectivity index (χ0) is 17.0. The normalized spacial score (nSPS) is 31.6. The van der Waals surface area contributed by atoms with Gasteiger partial charge in [-0.15, -0.1) is 0 Å². The first kappa shape index (κ1) is 14.8. The molecule has 3 aliphatic carbocycles. The molecule has 3 fully saturated rings. The number of H-pyrrole nitrogens is 1. The van der Waals surface area contributed by atoms with Gasteiger partial charge in [-0.05, 0) is 49.5 Å². The fraction of sp³-hybridized carbons (Fsp3) is 0.474. The van der Waals surface area contributed by atoms with Gasteiger partial charge in [0.15, 0.2) is 5.69 Å². The Morgan fingerprint density at radius 2 is 2.00 bits per heavy atom. The number of aromatic nitrogens is 2. The molecule has 25 heavy (non-hydrogen) atoms. The van der Waals surface area contributed by atoms with Gasteiger partial charge in [0, 0.05) is 17.0 Å². The highest BCUT2D eigenvalue weighted by Crippen LogP contribution is 2.57. The van der Waals surface area contributed by atoms with E-state index in [2.05, 4.69) is 20.7 Å². The summed E-state index contributed by atoms with van der Waals surface area (Å²) in [6.07, 6.45) is 6.29. The van der Waals surface area contributed by atoms with E-state index in [1.165, 1.54) is 25.7 Å². The molecule has 0 saturated heterocycles. The van der Waals surface area contributed by atoms with Crippen LogP contribution in [0.4, 0.5) is 0 Å². The van der Waals surface area contributed by atoms with Gasteiger partial charge in [-0.3, -0.25) is 9.59 Å². The number of nitrogens with zero attached hydrogens (tertiary/aromatic N) is 2. The maximum atomic E-state index is 12.6. The Balaban J connectivity index is 1.40. The van der Waals surface area contributed by atoms with Gasteiger partial charge >= 0.3 is 0 Å². The summed E-state index contributed by atoms with van der Waals surface area (Å²) in [5.74, 6) is 2.62. The molecule has 1 aromatic heterocycles. The van der Waals surface area contributed by atoms with Gasteiger partial charge in [-0.25, -0.2) is 10.5 Å². The molecule has 4 atom stereocenters. The molecule has 5 rings (SSSR count). The van der Waals surface area contributed by atoms with Gasteiger partial charge in [-0.2, -0.15) is 10.2 Å². The van der Waals surface area contributed by atoms with E-state index >= 15 is 0 Å². The van der Waals surface area contributed by atoms with Gasteiger partial charge in [0.1, 0.15) is 0 Å².